The molecule has 0 atom stereocenters. The maximum Gasteiger partial charge on any atom is 0.203 e. The molecule has 1 aliphatic heterocycles. The fourth-order valence-electron chi connectivity index (χ4n) is 4.11. The van der Waals surface area contributed by atoms with E-state index in [1.807, 2.05) is 12.1 Å². The van der Waals surface area contributed by atoms with Crippen molar-refractivity contribution in [3.8, 4) is 0 Å². The zero-order chi connectivity index (χ0) is 18.8. The monoisotopic (exact) mass is 365 g/mol. The van der Waals surface area contributed by atoms with Crippen molar-refractivity contribution in [2.24, 2.45) is 0 Å². The number of H-pyrrole nitrogens is 1. The number of nitrogens with zero attached hydrogens (tertiary/aromatic N) is 2. The minimum atomic E-state index is 0.984. The van der Waals surface area contributed by atoms with Crippen molar-refractivity contribution >= 4 is 22.6 Å². The molecular formula is C25H23N3. The van der Waals surface area contributed by atoms with Crippen molar-refractivity contribution in [1.82, 2.24) is 9.97 Å². The quantitative estimate of drug-likeness (QED) is 0.507. The van der Waals surface area contributed by atoms with Gasteiger partial charge in [-0.2, -0.15) is 0 Å². The Morgan fingerprint density at radius 1 is 0.714 bits per heavy atom. The third-order valence-corrected chi connectivity index (χ3v) is 5.52. The molecular weight excluding hydrogens is 342 g/mol. The molecule has 4 aromatic rings. The van der Waals surface area contributed by atoms with Gasteiger partial charge in [0.25, 0.3) is 0 Å². The normalized spacial score (nSPS) is 14.4. The van der Waals surface area contributed by atoms with E-state index in [0.29, 0.717) is 0 Å². The molecule has 0 spiro atoms. The third-order valence-electron chi connectivity index (χ3n) is 5.52. The van der Waals surface area contributed by atoms with E-state index in [2.05, 4.69) is 82.7 Å². The highest BCUT2D eigenvalue weighted by Gasteiger charge is 2.21. The van der Waals surface area contributed by atoms with Gasteiger partial charge in [0, 0.05) is 13.1 Å². The molecule has 0 unspecified atom stereocenters. The van der Waals surface area contributed by atoms with Crippen LogP contribution in [-0.4, -0.2) is 23.1 Å². The van der Waals surface area contributed by atoms with Gasteiger partial charge in [-0.25, -0.2) is 4.98 Å². The summed E-state index contributed by atoms with van der Waals surface area (Å²) in [7, 11) is 0. The third kappa shape index (κ3) is 3.20. The topological polar surface area (TPSA) is 31.9 Å². The first-order chi connectivity index (χ1) is 13.9. The van der Waals surface area contributed by atoms with E-state index in [-0.39, 0.29) is 0 Å². The van der Waals surface area contributed by atoms with Crippen molar-refractivity contribution in [3.63, 3.8) is 0 Å². The molecule has 3 heteroatoms. The number of rotatable bonds is 3. The lowest BCUT2D eigenvalue weighted by Gasteiger charge is -2.30. The maximum absolute atomic E-state index is 4.78. The highest BCUT2D eigenvalue weighted by atomic mass is 15.3. The summed E-state index contributed by atoms with van der Waals surface area (Å²) < 4.78 is 0. The number of nitrogens with one attached hydrogen (secondary N) is 1. The number of benzene rings is 3. The fourth-order valence-corrected chi connectivity index (χ4v) is 4.11. The largest absolute Gasteiger partial charge is 0.342 e. The number of fused-ring (bicyclic) bond motifs is 1. The van der Waals surface area contributed by atoms with Crippen LogP contribution >= 0.6 is 0 Å². The van der Waals surface area contributed by atoms with Gasteiger partial charge in [-0.1, -0.05) is 78.4 Å². The van der Waals surface area contributed by atoms with Crippen LogP contribution in [0.4, 0.5) is 5.95 Å². The number of aromatic amines is 1. The van der Waals surface area contributed by atoms with Crippen molar-refractivity contribution < 1.29 is 0 Å². The smallest absolute Gasteiger partial charge is 0.203 e. The molecule has 3 aromatic carbocycles. The predicted octanol–water partition coefficient (Wildman–Crippen LogP) is 5.67. The van der Waals surface area contributed by atoms with Crippen LogP contribution in [0, 0.1) is 0 Å². The van der Waals surface area contributed by atoms with E-state index in [4.69, 9.17) is 4.98 Å². The lowest BCUT2D eigenvalue weighted by molar-refractivity contribution is 0.674. The van der Waals surface area contributed by atoms with Crippen LogP contribution in [0.25, 0.3) is 16.6 Å². The maximum atomic E-state index is 4.78. The second kappa shape index (κ2) is 7.35. The molecule has 0 saturated carbocycles. The Kier molecular flexibility index (Phi) is 4.42. The zero-order valence-corrected chi connectivity index (χ0v) is 15.8. The number of hydrogen-bond acceptors (Lipinski definition) is 2. The van der Waals surface area contributed by atoms with E-state index in [0.717, 1.165) is 42.9 Å². The summed E-state index contributed by atoms with van der Waals surface area (Å²) in [6.45, 7) is 1.97. The van der Waals surface area contributed by atoms with Gasteiger partial charge < -0.3 is 9.88 Å². The number of hydrogen-bond donors (Lipinski definition) is 1. The Morgan fingerprint density at radius 3 is 1.89 bits per heavy atom. The molecule has 2 heterocycles. The number of para-hydroxylation sites is 2. The second-order valence-corrected chi connectivity index (χ2v) is 7.28. The lowest BCUT2D eigenvalue weighted by Crippen LogP contribution is -2.31. The SMILES string of the molecule is c1ccc(C(=C2CCN(c3nc4ccccc4[nH]3)CC2)c2ccccc2)cc1. The molecule has 3 nitrogen and oxygen atoms in total. The number of aromatic nitrogens is 2. The van der Waals surface area contributed by atoms with Crippen LogP contribution in [0.5, 0.6) is 0 Å². The molecule has 0 aliphatic carbocycles. The lowest BCUT2D eigenvalue weighted by atomic mass is 9.88. The molecule has 5 rings (SSSR count). The van der Waals surface area contributed by atoms with Crippen LogP contribution in [0.3, 0.4) is 0 Å². The molecule has 1 aliphatic rings. The Hall–Kier alpha value is -3.33. The molecule has 1 N–H and O–H groups in total. The van der Waals surface area contributed by atoms with Gasteiger partial charge in [0.05, 0.1) is 11.0 Å². The Balaban J connectivity index is 1.46. The van der Waals surface area contributed by atoms with E-state index in [9.17, 15) is 0 Å². The molecule has 138 valence electrons. The molecule has 1 saturated heterocycles. The minimum absolute atomic E-state index is 0.984. The van der Waals surface area contributed by atoms with Gasteiger partial charge in [-0.15, -0.1) is 0 Å². The molecule has 0 radical (unpaired) electrons. The van der Waals surface area contributed by atoms with Crippen LogP contribution in [0.15, 0.2) is 90.5 Å². The number of piperidine rings is 1. The van der Waals surface area contributed by atoms with Crippen molar-refractivity contribution in [1.29, 1.82) is 0 Å². The average Bonchev–Trinajstić information content (AvgIpc) is 3.20. The molecule has 1 fully saturated rings. The van der Waals surface area contributed by atoms with E-state index < -0.39 is 0 Å². The average molecular weight is 365 g/mol. The summed E-state index contributed by atoms with van der Waals surface area (Å²) >= 11 is 0. The first-order valence-corrected chi connectivity index (χ1v) is 9.91. The van der Waals surface area contributed by atoms with Gasteiger partial charge in [-0.3, -0.25) is 0 Å². The van der Waals surface area contributed by atoms with Gasteiger partial charge >= 0.3 is 0 Å². The summed E-state index contributed by atoms with van der Waals surface area (Å²) in [4.78, 5) is 10.6. The van der Waals surface area contributed by atoms with Crippen LogP contribution in [0.2, 0.25) is 0 Å². The van der Waals surface area contributed by atoms with Crippen molar-refractivity contribution in [2.45, 2.75) is 12.8 Å². The molecule has 0 amide bonds. The first kappa shape index (κ1) is 16.8. The summed E-state index contributed by atoms with van der Waals surface area (Å²) in [5, 5.41) is 0. The number of imidazole rings is 1. The molecule has 28 heavy (non-hydrogen) atoms. The predicted molar refractivity (Wildman–Crippen MR) is 116 cm³/mol. The Morgan fingerprint density at radius 2 is 1.29 bits per heavy atom. The van der Waals surface area contributed by atoms with Gasteiger partial charge in [0.15, 0.2) is 0 Å². The summed E-state index contributed by atoms with van der Waals surface area (Å²) in [6.07, 6.45) is 2.10. The minimum Gasteiger partial charge on any atom is -0.342 e. The Labute approximate surface area is 165 Å². The first-order valence-electron chi connectivity index (χ1n) is 9.91. The van der Waals surface area contributed by atoms with Crippen LogP contribution in [-0.2, 0) is 0 Å². The fraction of sp³-hybridized carbons (Fsp3) is 0.160. The van der Waals surface area contributed by atoms with Gasteiger partial charge in [-0.05, 0) is 41.7 Å². The van der Waals surface area contributed by atoms with Crippen LogP contribution in [0.1, 0.15) is 24.0 Å². The summed E-state index contributed by atoms with van der Waals surface area (Å²) in [6, 6.07) is 29.8. The van der Waals surface area contributed by atoms with Crippen LogP contribution < -0.4 is 4.90 Å². The highest BCUT2D eigenvalue weighted by molar-refractivity contribution is 5.82. The van der Waals surface area contributed by atoms with E-state index >= 15 is 0 Å². The summed E-state index contributed by atoms with van der Waals surface area (Å²) in [5.41, 5.74) is 7.68. The number of anilines is 1. The second-order valence-electron chi connectivity index (χ2n) is 7.28. The molecule has 0 bridgehead atoms. The standard InChI is InChI=1S/C25H23N3/c1-3-9-19(10-4-1)24(20-11-5-2-6-12-20)21-15-17-28(18-16-21)25-26-22-13-7-8-14-23(22)27-25/h1-14H,15-18H2,(H,26,27). The van der Waals surface area contributed by atoms with Gasteiger partial charge in [0.1, 0.15) is 0 Å². The van der Waals surface area contributed by atoms with Crippen molar-refractivity contribution in [2.75, 3.05) is 18.0 Å². The highest BCUT2D eigenvalue weighted by Crippen LogP contribution is 2.33. The van der Waals surface area contributed by atoms with E-state index in [1.54, 1.807) is 0 Å². The zero-order valence-electron chi connectivity index (χ0n) is 15.8. The van der Waals surface area contributed by atoms with Crippen molar-refractivity contribution in [3.05, 3.63) is 102 Å². The Bertz CT molecular complexity index is 1030. The molecule has 1 aromatic heterocycles. The van der Waals surface area contributed by atoms with E-state index in [1.165, 1.54) is 22.3 Å². The summed E-state index contributed by atoms with van der Waals surface area (Å²) in [5.74, 6) is 0.987. The van der Waals surface area contributed by atoms with Gasteiger partial charge in [0.2, 0.25) is 5.95 Å².